The molecule has 2 aromatic carbocycles. The number of nitrogens with zero attached hydrogens (tertiary/aromatic N) is 3. The summed E-state index contributed by atoms with van der Waals surface area (Å²) in [5.74, 6) is -0.404. The number of benzene rings is 2. The molecule has 3 aromatic rings. The largest absolute Gasteiger partial charge is 0.497 e. The van der Waals surface area contributed by atoms with E-state index in [1.165, 1.54) is 0 Å². The molecule has 33 heavy (non-hydrogen) atoms. The van der Waals surface area contributed by atoms with Gasteiger partial charge in [0.2, 0.25) is 0 Å². The number of rotatable bonds is 5. The number of ketones is 1. The van der Waals surface area contributed by atoms with Crippen molar-refractivity contribution in [1.29, 1.82) is 0 Å². The summed E-state index contributed by atoms with van der Waals surface area (Å²) in [4.78, 5) is 40.8. The monoisotopic (exact) mass is 449 g/mol. The average molecular weight is 450 g/mol. The van der Waals surface area contributed by atoms with Gasteiger partial charge in [-0.3, -0.25) is 9.69 Å². The lowest BCUT2D eigenvalue weighted by molar-refractivity contribution is 0.0686. The van der Waals surface area contributed by atoms with E-state index in [0.29, 0.717) is 31.5 Å². The highest BCUT2D eigenvalue weighted by Crippen LogP contribution is 2.27. The molecule has 0 radical (unpaired) electrons. The third-order valence-corrected chi connectivity index (χ3v) is 6.43. The van der Waals surface area contributed by atoms with Crippen LogP contribution in [-0.2, 0) is 7.05 Å². The van der Waals surface area contributed by atoms with Gasteiger partial charge < -0.3 is 19.3 Å². The van der Waals surface area contributed by atoms with Gasteiger partial charge in [0.1, 0.15) is 11.4 Å². The van der Waals surface area contributed by atoms with Gasteiger partial charge in [-0.1, -0.05) is 0 Å². The molecule has 4 rings (SSSR count). The van der Waals surface area contributed by atoms with E-state index < -0.39 is 5.97 Å². The molecule has 1 aliphatic heterocycles. The zero-order chi connectivity index (χ0) is 23.7. The van der Waals surface area contributed by atoms with Crippen LogP contribution >= 0.6 is 0 Å². The Hall–Kier alpha value is -3.81. The zero-order valence-corrected chi connectivity index (χ0v) is 18.9. The van der Waals surface area contributed by atoms with Crippen molar-refractivity contribution in [2.45, 2.75) is 12.8 Å². The molecule has 0 aliphatic carbocycles. The summed E-state index contributed by atoms with van der Waals surface area (Å²) in [6.07, 6.45) is 1.18. The molecule has 0 unspecified atom stereocenters. The summed E-state index contributed by atoms with van der Waals surface area (Å²) in [5, 5.41) is 10.1. The van der Waals surface area contributed by atoms with Crippen LogP contribution < -0.4 is 9.64 Å². The van der Waals surface area contributed by atoms with Gasteiger partial charge in [0.25, 0.3) is 0 Å². The van der Waals surface area contributed by atoms with Gasteiger partial charge in [-0.05, 0) is 61.4 Å². The van der Waals surface area contributed by atoms with Crippen LogP contribution in [0.15, 0.2) is 48.5 Å². The van der Waals surface area contributed by atoms with Crippen molar-refractivity contribution in [2.75, 3.05) is 32.1 Å². The van der Waals surface area contributed by atoms with Crippen molar-refractivity contribution in [3.63, 3.8) is 0 Å². The Labute approximate surface area is 192 Å². The maximum absolute atomic E-state index is 13.1. The highest BCUT2D eigenvalue weighted by molar-refractivity contribution is 6.02. The highest BCUT2D eigenvalue weighted by Gasteiger charge is 2.30. The molecular weight excluding hydrogens is 422 g/mol. The summed E-state index contributed by atoms with van der Waals surface area (Å²) in [7, 11) is 5.03. The number of hydrogen-bond donors (Lipinski definition) is 1. The molecule has 1 N–H and O–H groups in total. The van der Waals surface area contributed by atoms with Crippen molar-refractivity contribution >= 4 is 34.4 Å². The minimum atomic E-state index is -1.00. The van der Waals surface area contributed by atoms with Gasteiger partial charge in [0, 0.05) is 55.3 Å². The molecule has 1 aliphatic rings. The van der Waals surface area contributed by atoms with Crippen LogP contribution in [0.25, 0.3) is 10.9 Å². The van der Waals surface area contributed by atoms with E-state index >= 15 is 0 Å². The van der Waals surface area contributed by atoms with Crippen LogP contribution in [-0.4, -0.2) is 59.6 Å². The van der Waals surface area contributed by atoms with Gasteiger partial charge in [-0.15, -0.1) is 0 Å². The van der Waals surface area contributed by atoms with E-state index in [-0.39, 0.29) is 23.4 Å². The Morgan fingerprint density at radius 2 is 1.70 bits per heavy atom. The first-order chi connectivity index (χ1) is 15.8. The fraction of sp³-hybridized carbons (Fsp3) is 0.320. The normalized spacial score (nSPS) is 14.3. The van der Waals surface area contributed by atoms with Gasteiger partial charge in [-0.2, -0.15) is 0 Å². The van der Waals surface area contributed by atoms with Crippen molar-refractivity contribution in [3.8, 4) is 5.75 Å². The number of ether oxygens (including phenoxy) is 1. The second kappa shape index (κ2) is 8.97. The molecule has 0 bridgehead atoms. The number of anilines is 1. The number of carboxylic acid groups (broad SMARTS) is 1. The number of aromatic nitrogens is 1. The minimum absolute atomic E-state index is 0.0354. The first-order valence-corrected chi connectivity index (χ1v) is 10.8. The number of Topliss-reactive ketones (excluding diaryl/α,β-unsaturated/α-hetero) is 1. The van der Waals surface area contributed by atoms with Gasteiger partial charge >= 0.3 is 12.0 Å². The average Bonchev–Trinajstić information content (AvgIpc) is 3.19. The number of amides is 2. The fourth-order valence-electron chi connectivity index (χ4n) is 4.41. The molecule has 172 valence electrons. The van der Waals surface area contributed by atoms with Gasteiger partial charge in [-0.25, -0.2) is 9.59 Å². The smallest absolute Gasteiger partial charge is 0.352 e. The fourth-order valence-corrected chi connectivity index (χ4v) is 4.41. The summed E-state index contributed by atoms with van der Waals surface area (Å²) in [5.41, 5.74) is 2.30. The van der Waals surface area contributed by atoms with Crippen LogP contribution in [0.3, 0.4) is 0 Å². The predicted octanol–water partition coefficient (Wildman–Crippen LogP) is 4.04. The lowest BCUT2D eigenvalue weighted by Gasteiger charge is -2.34. The lowest BCUT2D eigenvalue weighted by Crippen LogP contribution is -2.46. The van der Waals surface area contributed by atoms with Crippen LogP contribution in [0.2, 0.25) is 0 Å². The SMILES string of the molecule is COc1ccc(N(C)C(=O)N2CCC(C(=O)c3ccc4c(c3)cc(C(=O)O)n4C)CC2)cc1. The topological polar surface area (TPSA) is 92.1 Å². The van der Waals surface area contributed by atoms with Crippen molar-refractivity contribution in [1.82, 2.24) is 9.47 Å². The highest BCUT2D eigenvalue weighted by atomic mass is 16.5. The number of hydrogen-bond acceptors (Lipinski definition) is 4. The first kappa shape index (κ1) is 22.4. The number of aryl methyl sites for hydroxylation is 1. The summed E-state index contributed by atoms with van der Waals surface area (Å²) in [6, 6.07) is 14.1. The number of fused-ring (bicyclic) bond motifs is 1. The molecular formula is C25H27N3O5. The third-order valence-electron chi connectivity index (χ3n) is 6.43. The third kappa shape index (κ3) is 4.28. The molecule has 0 spiro atoms. The van der Waals surface area contributed by atoms with Crippen molar-refractivity contribution in [2.24, 2.45) is 13.0 Å². The first-order valence-electron chi connectivity index (χ1n) is 10.8. The molecule has 1 fully saturated rings. The second-order valence-corrected chi connectivity index (χ2v) is 8.33. The summed E-state index contributed by atoms with van der Waals surface area (Å²) in [6.45, 7) is 1.01. The Morgan fingerprint density at radius 1 is 1.03 bits per heavy atom. The lowest BCUT2D eigenvalue weighted by atomic mass is 9.88. The summed E-state index contributed by atoms with van der Waals surface area (Å²) >= 11 is 0. The quantitative estimate of drug-likeness (QED) is 0.594. The standard InChI is InChI=1S/C25H27N3O5/c1-26(19-5-7-20(33-3)8-6-19)25(32)28-12-10-16(11-13-28)23(29)17-4-9-21-18(14-17)15-22(24(30)31)27(21)2/h4-9,14-16H,10-13H2,1-3H3,(H,30,31). The maximum Gasteiger partial charge on any atom is 0.352 e. The molecule has 8 heteroatoms. The van der Waals surface area contributed by atoms with Crippen LogP contribution in [0.4, 0.5) is 10.5 Å². The Kier molecular flexibility index (Phi) is 6.09. The van der Waals surface area contributed by atoms with Crippen LogP contribution in [0, 0.1) is 5.92 Å². The number of methoxy groups -OCH3 is 1. The molecule has 8 nitrogen and oxygen atoms in total. The number of likely N-dealkylation sites (tertiary alicyclic amines) is 1. The van der Waals surface area contributed by atoms with Gasteiger partial charge in [0.15, 0.2) is 5.78 Å². The molecule has 1 saturated heterocycles. The van der Waals surface area contributed by atoms with E-state index in [4.69, 9.17) is 4.74 Å². The Morgan fingerprint density at radius 3 is 2.30 bits per heavy atom. The van der Waals surface area contributed by atoms with E-state index in [1.807, 2.05) is 24.3 Å². The van der Waals surface area contributed by atoms with E-state index in [2.05, 4.69) is 0 Å². The molecule has 2 amide bonds. The van der Waals surface area contributed by atoms with E-state index in [0.717, 1.165) is 22.3 Å². The number of carboxylic acids is 1. The number of urea groups is 1. The molecule has 2 heterocycles. The van der Waals surface area contributed by atoms with Crippen LogP contribution in [0.5, 0.6) is 5.75 Å². The number of carbonyl (C=O) groups excluding carboxylic acids is 2. The maximum atomic E-state index is 13.1. The van der Waals surface area contributed by atoms with Gasteiger partial charge in [0.05, 0.1) is 7.11 Å². The molecule has 1 aromatic heterocycles. The molecule has 0 saturated carbocycles. The second-order valence-electron chi connectivity index (χ2n) is 8.33. The van der Waals surface area contributed by atoms with Crippen molar-refractivity contribution < 1.29 is 24.2 Å². The Bertz CT molecular complexity index is 1210. The minimum Gasteiger partial charge on any atom is -0.497 e. The van der Waals surface area contributed by atoms with Crippen LogP contribution in [0.1, 0.15) is 33.7 Å². The summed E-state index contributed by atoms with van der Waals surface area (Å²) < 4.78 is 6.77. The zero-order valence-electron chi connectivity index (χ0n) is 18.9. The Balaban J connectivity index is 1.41. The predicted molar refractivity (Wildman–Crippen MR) is 125 cm³/mol. The number of carbonyl (C=O) groups is 3. The number of piperidine rings is 1. The number of aromatic carboxylic acids is 1. The molecule has 0 atom stereocenters. The van der Waals surface area contributed by atoms with E-state index in [9.17, 15) is 19.5 Å². The van der Waals surface area contributed by atoms with E-state index in [1.54, 1.807) is 59.8 Å². The van der Waals surface area contributed by atoms with Crippen molar-refractivity contribution in [3.05, 3.63) is 59.8 Å².